The van der Waals surface area contributed by atoms with Crippen LogP contribution in [-0.4, -0.2) is 5.71 Å². The van der Waals surface area contributed by atoms with E-state index in [1.54, 1.807) is 12.1 Å². The molecule has 1 nitrogen and oxygen atoms in total. The molecule has 0 atom stereocenters. The van der Waals surface area contributed by atoms with E-state index >= 15 is 0 Å². The standard InChI is InChI=1S/C13H12FN/c1-10-3-2-4-12(9-15-10)11-5-7-13(14)8-6-11/h2,4-9H,3H2,1H3. The molecule has 0 amide bonds. The maximum absolute atomic E-state index is 12.7. The maximum Gasteiger partial charge on any atom is 0.123 e. The van der Waals surface area contributed by atoms with E-state index < -0.39 is 0 Å². The van der Waals surface area contributed by atoms with Crippen molar-refractivity contribution in [3.63, 3.8) is 0 Å². The summed E-state index contributed by atoms with van der Waals surface area (Å²) in [4.78, 5) is 4.30. The van der Waals surface area contributed by atoms with E-state index in [0.29, 0.717) is 0 Å². The van der Waals surface area contributed by atoms with E-state index in [1.165, 1.54) is 12.1 Å². The average molecular weight is 201 g/mol. The molecule has 0 spiro atoms. The van der Waals surface area contributed by atoms with Crippen molar-refractivity contribution in [3.05, 3.63) is 54.0 Å². The predicted octanol–water partition coefficient (Wildman–Crippen LogP) is 3.59. The highest BCUT2D eigenvalue weighted by atomic mass is 19.1. The number of benzene rings is 1. The van der Waals surface area contributed by atoms with Crippen LogP contribution in [0.2, 0.25) is 0 Å². The number of hydrogen-bond donors (Lipinski definition) is 0. The van der Waals surface area contributed by atoms with Crippen LogP contribution in [0.25, 0.3) is 5.57 Å². The Bertz CT molecular complexity index is 438. The molecule has 76 valence electrons. The van der Waals surface area contributed by atoms with E-state index in [2.05, 4.69) is 11.1 Å². The van der Waals surface area contributed by atoms with Gasteiger partial charge in [0.1, 0.15) is 5.82 Å². The van der Waals surface area contributed by atoms with Crippen LogP contribution in [-0.2, 0) is 0 Å². The monoisotopic (exact) mass is 201 g/mol. The molecule has 0 aromatic heterocycles. The Morgan fingerprint density at radius 2 is 1.93 bits per heavy atom. The van der Waals surface area contributed by atoms with Crippen LogP contribution in [0.5, 0.6) is 0 Å². The zero-order chi connectivity index (χ0) is 10.7. The van der Waals surface area contributed by atoms with Gasteiger partial charge in [0, 0.05) is 18.3 Å². The highest BCUT2D eigenvalue weighted by molar-refractivity contribution is 5.87. The lowest BCUT2D eigenvalue weighted by Crippen LogP contribution is -1.83. The number of halogens is 1. The van der Waals surface area contributed by atoms with Gasteiger partial charge in [-0.2, -0.15) is 0 Å². The second-order valence-corrected chi connectivity index (χ2v) is 3.56. The number of rotatable bonds is 1. The van der Waals surface area contributed by atoms with Gasteiger partial charge in [-0.1, -0.05) is 24.3 Å². The van der Waals surface area contributed by atoms with Gasteiger partial charge in [-0.25, -0.2) is 4.39 Å². The quantitative estimate of drug-likeness (QED) is 0.658. The van der Waals surface area contributed by atoms with Crippen LogP contribution in [0, 0.1) is 5.82 Å². The van der Waals surface area contributed by atoms with Crippen LogP contribution in [0.15, 0.2) is 47.6 Å². The number of nitrogens with zero attached hydrogens (tertiary/aromatic N) is 1. The fourth-order valence-electron chi connectivity index (χ4n) is 1.45. The smallest absolute Gasteiger partial charge is 0.123 e. The van der Waals surface area contributed by atoms with Gasteiger partial charge in [0.25, 0.3) is 0 Å². The molecule has 1 aliphatic heterocycles. The van der Waals surface area contributed by atoms with E-state index in [1.807, 2.05) is 19.2 Å². The minimum Gasteiger partial charge on any atom is -0.265 e. The highest BCUT2D eigenvalue weighted by Crippen LogP contribution is 2.18. The first-order valence-electron chi connectivity index (χ1n) is 4.91. The number of aliphatic imine (C=N–C) groups is 1. The van der Waals surface area contributed by atoms with Gasteiger partial charge in [-0.05, 0) is 30.2 Å². The molecule has 0 bridgehead atoms. The maximum atomic E-state index is 12.7. The van der Waals surface area contributed by atoms with Crippen molar-refractivity contribution < 1.29 is 4.39 Å². The first-order chi connectivity index (χ1) is 7.25. The summed E-state index contributed by atoms with van der Waals surface area (Å²) in [6.45, 7) is 1.99. The van der Waals surface area contributed by atoms with E-state index in [-0.39, 0.29) is 5.82 Å². The molecule has 1 heterocycles. The molecule has 0 unspecified atom stereocenters. The van der Waals surface area contributed by atoms with Crippen LogP contribution in [0.1, 0.15) is 18.9 Å². The fourth-order valence-corrected chi connectivity index (χ4v) is 1.45. The summed E-state index contributed by atoms with van der Waals surface area (Å²) in [5.74, 6) is -0.211. The third-order valence-corrected chi connectivity index (χ3v) is 2.31. The summed E-state index contributed by atoms with van der Waals surface area (Å²) in [5.41, 5.74) is 3.10. The van der Waals surface area contributed by atoms with Crippen LogP contribution in [0.4, 0.5) is 4.39 Å². The third kappa shape index (κ3) is 2.40. The summed E-state index contributed by atoms with van der Waals surface area (Å²) in [6.07, 6.45) is 6.79. The fraction of sp³-hybridized carbons (Fsp3) is 0.154. The normalized spacial score (nSPS) is 15.6. The van der Waals surface area contributed by atoms with Gasteiger partial charge < -0.3 is 0 Å². The molecular formula is C13H12FN. The van der Waals surface area contributed by atoms with E-state index in [0.717, 1.165) is 23.3 Å². The van der Waals surface area contributed by atoms with Crippen LogP contribution in [0.3, 0.4) is 0 Å². The number of hydrogen-bond acceptors (Lipinski definition) is 1. The summed E-state index contributed by atoms with van der Waals surface area (Å²) in [7, 11) is 0. The molecule has 1 aromatic carbocycles. The van der Waals surface area contributed by atoms with Gasteiger partial charge in [0.2, 0.25) is 0 Å². The van der Waals surface area contributed by atoms with Crippen molar-refractivity contribution in [1.29, 1.82) is 0 Å². The van der Waals surface area contributed by atoms with Gasteiger partial charge in [-0.3, -0.25) is 4.99 Å². The zero-order valence-corrected chi connectivity index (χ0v) is 8.57. The molecular weight excluding hydrogens is 189 g/mol. The first-order valence-corrected chi connectivity index (χ1v) is 4.91. The minimum absolute atomic E-state index is 0.211. The van der Waals surface area contributed by atoms with Crippen molar-refractivity contribution in [2.75, 3.05) is 0 Å². The second-order valence-electron chi connectivity index (χ2n) is 3.56. The lowest BCUT2D eigenvalue weighted by atomic mass is 10.1. The summed E-state index contributed by atoms with van der Waals surface area (Å²) in [6, 6.07) is 6.46. The molecule has 2 rings (SSSR count). The third-order valence-electron chi connectivity index (χ3n) is 2.31. The van der Waals surface area contributed by atoms with Gasteiger partial charge >= 0.3 is 0 Å². The van der Waals surface area contributed by atoms with Crippen molar-refractivity contribution in [1.82, 2.24) is 0 Å². The molecule has 0 radical (unpaired) electrons. The summed E-state index contributed by atoms with van der Waals surface area (Å²) < 4.78 is 12.7. The largest absolute Gasteiger partial charge is 0.265 e. The Morgan fingerprint density at radius 1 is 1.20 bits per heavy atom. The average Bonchev–Trinajstić information content (AvgIpc) is 2.44. The van der Waals surface area contributed by atoms with Crippen LogP contribution >= 0.6 is 0 Å². The molecule has 0 saturated heterocycles. The molecule has 1 aromatic rings. The lowest BCUT2D eigenvalue weighted by molar-refractivity contribution is 0.627. The number of allylic oxidation sites excluding steroid dienone is 3. The molecule has 0 fully saturated rings. The Kier molecular flexibility index (Phi) is 2.77. The summed E-state index contributed by atoms with van der Waals surface area (Å²) in [5, 5.41) is 0. The second kappa shape index (κ2) is 4.22. The topological polar surface area (TPSA) is 12.4 Å². The summed E-state index contributed by atoms with van der Waals surface area (Å²) >= 11 is 0. The Morgan fingerprint density at radius 3 is 2.67 bits per heavy atom. The van der Waals surface area contributed by atoms with Gasteiger partial charge in [0.15, 0.2) is 0 Å². The molecule has 1 aliphatic rings. The van der Waals surface area contributed by atoms with Crippen molar-refractivity contribution in [2.24, 2.45) is 4.99 Å². The van der Waals surface area contributed by atoms with E-state index in [9.17, 15) is 4.39 Å². The molecule has 0 aliphatic carbocycles. The predicted molar refractivity (Wildman–Crippen MR) is 61.2 cm³/mol. The molecule has 15 heavy (non-hydrogen) atoms. The van der Waals surface area contributed by atoms with E-state index in [4.69, 9.17) is 0 Å². The molecule has 0 N–H and O–H groups in total. The van der Waals surface area contributed by atoms with Gasteiger partial charge in [-0.15, -0.1) is 0 Å². The Balaban J connectivity index is 2.35. The zero-order valence-electron chi connectivity index (χ0n) is 8.57. The SMILES string of the molecule is CC1=NC=C(c2ccc(F)cc2)C=CC1. The van der Waals surface area contributed by atoms with Crippen LogP contribution < -0.4 is 0 Å². The Hall–Kier alpha value is -1.70. The Labute approximate surface area is 88.7 Å². The van der Waals surface area contributed by atoms with Crippen molar-refractivity contribution in [3.8, 4) is 0 Å². The first kappa shape index (κ1) is 9.84. The van der Waals surface area contributed by atoms with Crippen molar-refractivity contribution >= 4 is 11.3 Å². The molecule has 0 saturated carbocycles. The lowest BCUT2D eigenvalue weighted by Gasteiger charge is -1.99. The van der Waals surface area contributed by atoms with Crippen molar-refractivity contribution in [2.45, 2.75) is 13.3 Å². The van der Waals surface area contributed by atoms with Gasteiger partial charge in [0.05, 0.1) is 0 Å². The minimum atomic E-state index is -0.211. The highest BCUT2D eigenvalue weighted by Gasteiger charge is 2.00. The molecule has 2 heteroatoms.